The van der Waals surface area contributed by atoms with Crippen molar-refractivity contribution in [1.29, 1.82) is 5.26 Å². The van der Waals surface area contributed by atoms with E-state index in [4.69, 9.17) is 10.00 Å². The van der Waals surface area contributed by atoms with Crippen LogP contribution in [0.2, 0.25) is 0 Å². The van der Waals surface area contributed by atoms with E-state index in [1.807, 2.05) is 37.4 Å². The van der Waals surface area contributed by atoms with Crippen molar-refractivity contribution in [3.05, 3.63) is 45.3 Å². The first kappa shape index (κ1) is 11.6. The van der Waals surface area contributed by atoms with Gasteiger partial charge in [-0.15, -0.1) is 11.3 Å². The van der Waals surface area contributed by atoms with Crippen molar-refractivity contribution in [2.75, 3.05) is 0 Å². The summed E-state index contributed by atoms with van der Waals surface area (Å²) in [6.45, 7) is 4.25. The number of pyridine rings is 1. The van der Waals surface area contributed by atoms with Gasteiger partial charge in [-0.2, -0.15) is 5.26 Å². The Bertz CT molecular complexity index is 556. The Kier molecular flexibility index (Phi) is 3.40. The fourth-order valence-electron chi connectivity index (χ4n) is 1.58. The minimum atomic E-state index is 0.429. The largest absolute Gasteiger partial charge is 0.471 e. The number of hydrogen-bond acceptors (Lipinski definition) is 4. The van der Waals surface area contributed by atoms with E-state index in [1.54, 1.807) is 11.3 Å². The van der Waals surface area contributed by atoms with Crippen molar-refractivity contribution in [1.82, 2.24) is 4.98 Å². The predicted molar refractivity (Wildman–Crippen MR) is 67.1 cm³/mol. The molecule has 86 valence electrons. The lowest BCUT2D eigenvalue weighted by molar-refractivity contribution is 0.295. The zero-order valence-electron chi connectivity index (χ0n) is 9.73. The van der Waals surface area contributed by atoms with Gasteiger partial charge >= 0.3 is 0 Å². The van der Waals surface area contributed by atoms with Crippen molar-refractivity contribution in [3.8, 4) is 11.9 Å². The van der Waals surface area contributed by atoms with Crippen LogP contribution in [0, 0.1) is 25.2 Å². The molecule has 0 unspecified atom stereocenters. The van der Waals surface area contributed by atoms with Crippen LogP contribution < -0.4 is 4.74 Å². The molecule has 2 aromatic rings. The number of aromatic nitrogens is 1. The van der Waals surface area contributed by atoms with E-state index in [0.29, 0.717) is 18.1 Å². The minimum Gasteiger partial charge on any atom is -0.471 e. The second kappa shape index (κ2) is 4.98. The fourth-order valence-corrected chi connectivity index (χ4v) is 2.19. The lowest BCUT2D eigenvalue weighted by atomic mass is 10.1. The number of nitrogens with zero attached hydrogens (tertiary/aromatic N) is 2. The smallest absolute Gasteiger partial charge is 0.232 e. The van der Waals surface area contributed by atoms with Crippen LogP contribution >= 0.6 is 11.3 Å². The average Bonchev–Trinajstić information content (AvgIpc) is 2.78. The topological polar surface area (TPSA) is 45.9 Å². The first-order chi connectivity index (χ1) is 8.20. The van der Waals surface area contributed by atoms with Gasteiger partial charge in [0.1, 0.15) is 18.2 Å². The van der Waals surface area contributed by atoms with E-state index in [2.05, 4.69) is 11.1 Å². The van der Waals surface area contributed by atoms with Crippen molar-refractivity contribution in [3.63, 3.8) is 0 Å². The Hall–Kier alpha value is -1.86. The zero-order valence-corrected chi connectivity index (χ0v) is 10.5. The maximum Gasteiger partial charge on any atom is 0.232 e. The molecule has 0 N–H and O–H groups in total. The molecule has 0 atom stereocenters. The molecule has 2 rings (SSSR count). The summed E-state index contributed by atoms with van der Waals surface area (Å²) in [4.78, 5) is 5.38. The van der Waals surface area contributed by atoms with Gasteiger partial charge in [-0.25, -0.2) is 4.98 Å². The van der Waals surface area contributed by atoms with E-state index in [9.17, 15) is 0 Å². The quantitative estimate of drug-likeness (QED) is 0.832. The van der Waals surface area contributed by atoms with Gasteiger partial charge in [0.25, 0.3) is 0 Å². The molecule has 0 radical (unpaired) electrons. The summed E-state index contributed by atoms with van der Waals surface area (Å²) in [5.74, 6) is 0.429. The van der Waals surface area contributed by atoms with Crippen molar-refractivity contribution >= 4 is 11.3 Å². The van der Waals surface area contributed by atoms with Gasteiger partial charge in [0.15, 0.2) is 0 Å². The third-order valence-corrected chi connectivity index (χ3v) is 3.20. The summed E-state index contributed by atoms with van der Waals surface area (Å²) in [6, 6.07) is 8.00. The molecule has 4 heteroatoms. The number of aryl methyl sites for hydroxylation is 2. The molecule has 0 fully saturated rings. The lowest BCUT2D eigenvalue weighted by Gasteiger charge is -2.08. The van der Waals surface area contributed by atoms with E-state index in [-0.39, 0.29) is 0 Å². The monoisotopic (exact) mass is 244 g/mol. The molecule has 0 amide bonds. The Morgan fingerprint density at radius 2 is 2.29 bits per heavy atom. The van der Waals surface area contributed by atoms with Crippen LogP contribution in [0.1, 0.15) is 21.7 Å². The van der Waals surface area contributed by atoms with Crippen LogP contribution in [0.5, 0.6) is 5.88 Å². The second-order valence-corrected chi connectivity index (χ2v) is 4.77. The van der Waals surface area contributed by atoms with Gasteiger partial charge in [0, 0.05) is 10.6 Å². The van der Waals surface area contributed by atoms with E-state index < -0.39 is 0 Å². The molecule has 2 heterocycles. The highest BCUT2D eigenvalue weighted by molar-refractivity contribution is 7.09. The molecule has 0 aliphatic carbocycles. The molecule has 0 saturated heterocycles. The zero-order chi connectivity index (χ0) is 12.3. The second-order valence-electron chi connectivity index (χ2n) is 3.74. The molecule has 0 saturated carbocycles. The highest BCUT2D eigenvalue weighted by Gasteiger charge is 2.10. The summed E-state index contributed by atoms with van der Waals surface area (Å²) >= 11 is 1.63. The van der Waals surface area contributed by atoms with Gasteiger partial charge in [-0.05, 0) is 36.9 Å². The summed E-state index contributed by atoms with van der Waals surface area (Å²) in [5, 5.41) is 11.1. The van der Waals surface area contributed by atoms with E-state index in [1.165, 1.54) is 0 Å². The number of ether oxygens (including phenoxy) is 1. The Balaban J connectivity index is 2.23. The van der Waals surface area contributed by atoms with Gasteiger partial charge < -0.3 is 4.74 Å². The third-order valence-electron chi connectivity index (χ3n) is 2.35. The Morgan fingerprint density at radius 3 is 2.94 bits per heavy atom. The summed E-state index contributed by atoms with van der Waals surface area (Å²) in [5.41, 5.74) is 2.29. The van der Waals surface area contributed by atoms with Gasteiger partial charge in [-0.1, -0.05) is 6.07 Å². The maximum atomic E-state index is 9.08. The maximum absolute atomic E-state index is 9.08. The third kappa shape index (κ3) is 2.63. The van der Waals surface area contributed by atoms with Crippen LogP contribution in [0.15, 0.2) is 23.6 Å². The fraction of sp³-hybridized carbons (Fsp3) is 0.231. The van der Waals surface area contributed by atoms with Crippen LogP contribution in [-0.4, -0.2) is 4.98 Å². The highest BCUT2D eigenvalue weighted by Crippen LogP contribution is 2.21. The van der Waals surface area contributed by atoms with Crippen LogP contribution in [0.4, 0.5) is 0 Å². The summed E-state index contributed by atoms with van der Waals surface area (Å²) in [7, 11) is 0. The predicted octanol–water partition coefficient (Wildman–Crippen LogP) is 3.21. The van der Waals surface area contributed by atoms with Crippen molar-refractivity contribution < 1.29 is 4.74 Å². The molecule has 0 aliphatic rings. The minimum absolute atomic E-state index is 0.429. The molecule has 0 spiro atoms. The van der Waals surface area contributed by atoms with Gasteiger partial charge in [-0.3, -0.25) is 0 Å². The number of rotatable bonds is 3. The molecule has 2 aromatic heterocycles. The molecule has 0 bridgehead atoms. The highest BCUT2D eigenvalue weighted by atomic mass is 32.1. The first-order valence-electron chi connectivity index (χ1n) is 5.24. The van der Waals surface area contributed by atoms with E-state index >= 15 is 0 Å². The van der Waals surface area contributed by atoms with Crippen molar-refractivity contribution in [2.24, 2.45) is 0 Å². The molecular weight excluding hydrogens is 232 g/mol. The molecule has 17 heavy (non-hydrogen) atoms. The normalized spacial score (nSPS) is 9.94. The van der Waals surface area contributed by atoms with Gasteiger partial charge in [0.05, 0.1) is 0 Å². The SMILES string of the molecule is Cc1cc(C)c(C#N)c(OCc2cccs2)n1. The standard InChI is InChI=1S/C13H12N2OS/c1-9-6-10(2)15-13(12(9)7-14)16-8-11-4-3-5-17-11/h3-6H,8H2,1-2H3. The number of thiophene rings is 1. The summed E-state index contributed by atoms with van der Waals surface area (Å²) < 4.78 is 5.61. The van der Waals surface area contributed by atoms with Crippen molar-refractivity contribution in [2.45, 2.75) is 20.5 Å². The first-order valence-corrected chi connectivity index (χ1v) is 6.12. The summed E-state index contributed by atoms with van der Waals surface area (Å²) in [6.07, 6.45) is 0. The van der Waals surface area contributed by atoms with Crippen LogP contribution in [0.25, 0.3) is 0 Å². The van der Waals surface area contributed by atoms with E-state index in [0.717, 1.165) is 16.1 Å². The van der Waals surface area contributed by atoms with Crippen LogP contribution in [0.3, 0.4) is 0 Å². The van der Waals surface area contributed by atoms with Crippen LogP contribution in [-0.2, 0) is 6.61 Å². The molecule has 0 aromatic carbocycles. The van der Waals surface area contributed by atoms with Gasteiger partial charge in [0.2, 0.25) is 5.88 Å². The Morgan fingerprint density at radius 1 is 1.47 bits per heavy atom. The number of nitriles is 1. The average molecular weight is 244 g/mol. The lowest BCUT2D eigenvalue weighted by Crippen LogP contribution is -2.01. The number of hydrogen-bond donors (Lipinski definition) is 0. The molecular formula is C13H12N2OS. The molecule has 0 aliphatic heterocycles. The molecule has 3 nitrogen and oxygen atoms in total. The Labute approximate surface area is 104 Å².